The van der Waals surface area contributed by atoms with E-state index in [4.69, 9.17) is 10.8 Å². The van der Waals surface area contributed by atoms with Crippen LogP contribution in [0.25, 0.3) is 0 Å². The van der Waals surface area contributed by atoms with Gasteiger partial charge in [-0.3, -0.25) is 10.5 Å². The summed E-state index contributed by atoms with van der Waals surface area (Å²) in [6, 6.07) is 5.72. The van der Waals surface area contributed by atoms with E-state index < -0.39 is 5.91 Å². The Morgan fingerprint density at radius 2 is 2.20 bits per heavy atom. The van der Waals surface area contributed by atoms with Crippen molar-refractivity contribution in [3.63, 3.8) is 0 Å². The largest absolute Gasteiger partial charge is 0.508 e. The van der Waals surface area contributed by atoms with E-state index >= 15 is 0 Å². The molecule has 1 amide bonds. The molecule has 0 unspecified atom stereocenters. The normalized spacial score (nSPS) is 9.20. The Balaban J connectivity index is 3.07. The maximum atomic E-state index is 10.4. The van der Waals surface area contributed by atoms with Crippen molar-refractivity contribution in [1.29, 1.82) is 0 Å². The number of carbonyl (C=O) groups is 1. The lowest BCUT2D eigenvalue weighted by atomic mass is 10.2. The van der Waals surface area contributed by atoms with Crippen molar-refractivity contribution in [1.82, 2.24) is 5.73 Å². The lowest BCUT2D eigenvalue weighted by Crippen LogP contribution is -1.97. The lowest BCUT2D eigenvalue weighted by Gasteiger charge is -1.92. The summed E-state index contributed by atoms with van der Waals surface area (Å²) in [4.78, 5) is 10.4. The number of aromatic hydroxyl groups is 1. The van der Waals surface area contributed by atoms with E-state index in [2.05, 4.69) is 0 Å². The molecule has 10 heavy (non-hydrogen) atoms. The summed E-state index contributed by atoms with van der Waals surface area (Å²) < 4.78 is 0. The van der Waals surface area contributed by atoms with Crippen LogP contribution in [0.1, 0.15) is 10.4 Å². The van der Waals surface area contributed by atoms with Gasteiger partial charge in [-0.2, -0.15) is 0 Å². The van der Waals surface area contributed by atoms with Crippen LogP contribution in [0.2, 0.25) is 0 Å². The van der Waals surface area contributed by atoms with Crippen LogP contribution < -0.4 is 5.73 Å². The molecule has 3 heteroatoms. The summed E-state index contributed by atoms with van der Waals surface area (Å²) in [5.74, 6) is -0.769. The third-order valence-electron chi connectivity index (χ3n) is 1.11. The molecule has 1 rings (SSSR count). The van der Waals surface area contributed by atoms with E-state index in [1.165, 1.54) is 24.3 Å². The number of amides is 1. The number of rotatable bonds is 1. The fraction of sp³-hybridized carbons (Fsp3) is 0. The first-order chi connectivity index (χ1) is 4.70. The molecule has 0 fully saturated rings. The number of carbonyl (C=O) groups excluding carboxylic acids is 1. The quantitative estimate of drug-likeness (QED) is 0.621. The number of phenols is 1. The van der Waals surface area contributed by atoms with Gasteiger partial charge in [0.15, 0.2) is 0 Å². The Kier molecular flexibility index (Phi) is 1.58. The molecule has 0 saturated carbocycles. The van der Waals surface area contributed by atoms with Crippen LogP contribution in [-0.4, -0.2) is 11.0 Å². The van der Waals surface area contributed by atoms with Gasteiger partial charge in [0.2, 0.25) is 0 Å². The van der Waals surface area contributed by atoms with Crippen molar-refractivity contribution in [2.75, 3.05) is 0 Å². The van der Waals surface area contributed by atoms with Gasteiger partial charge in [0.1, 0.15) is 5.75 Å². The first kappa shape index (κ1) is 6.61. The zero-order chi connectivity index (χ0) is 7.56. The van der Waals surface area contributed by atoms with Gasteiger partial charge in [0.25, 0.3) is 5.91 Å². The molecule has 1 aromatic rings. The Labute approximate surface area is 58.1 Å². The molecule has 1 aromatic carbocycles. The minimum absolute atomic E-state index is 0.0121. The highest BCUT2D eigenvalue weighted by atomic mass is 16.3. The van der Waals surface area contributed by atoms with Crippen molar-refractivity contribution in [2.24, 2.45) is 0 Å². The van der Waals surface area contributed by atoms with Crippen LogP contribution in [0, 0.1) is 0 Å². The van der Waals surface area contributed by atoms with Crippen LogP contribution in [0.4, 0.5) is 0 Å². The first-order valence-corrected chi connectivity index (χ1v) is 2.75. The summed E-state index contributed by atoms with van der Waals surface area (Å²) in [6.07, 6.45) is 0. The molecule has 0 aliphatic carbocycles. The number of benzene rings is 1. The minimum Gasteiger partial charge on any atom is -0.508 e. The first-order valence-electron chi connectivity index (χ1n) is 2.75. The van der Waals surface area contributed by atoms with E-state index in [1.807, 2.05) is 0 Å². The van der Waals surface area contributed by atoms with E-state index in [0.29, 0.717) is 0 Å². The second-order valence-corrected chi connectivity index (χ2v) is 1.88. The molecule has 51 valence electrons. The molecule has 0 aliphatic heterocycles. The van der Waals surface area contributed by atoms with Crippen molar-refractivity contribution in [3.8, 4) is 5.75 Å². The van der Waals surface area contributed by atoms with Crippen LogP contribution in [-0.2, 0) is 0 Å². The third-order valence-corrected chi connectivity index (χ3v) is 1.11. The van der Waals surface area contributed by atoms with Gasteiger partial charge in [0, 0.05) is 5.56 Å². The Morgan fingerprint density at radius 1 is 1.50 bits per heavy atom. The molecule has 0 spiro atoms. The SMILES string of the molecule is [NH]C(=O)c1cccc(O)c1. The zero-order valence-electron chi connectivity index (χ0n) is 5.16. The molecule has 0 saturated heterocycles. The molecular formula is C7H6NO2. The molecule has 2 N–H and O–H groups in total. The highest BCUT2D eigenvalue weighted by Gasteiger charge is 1.99. The second-order valence-electron chi connectivity index (χ2n) is 1.88. The highest BCUT2D eigenvalue weighted by Crippen LogP contribution is 2.09. The summed E-state index contributed by atoms with van der Waals surface area (Å²) in [5, 5.41) is 8.83. The summed E-state index contributed by atoms with van der Waals surface area (Å²) in [7, 11) is 0. The number of nitrogens with one attached hydrogen (secondary N) is 1. The average Bonchev–Trinajstić information content (AvgIpc) is 1.88. The van der Waals surface area contributed by atoms with Crippen LogP contribution in [0.5, 0.6) is 5.75 Å². The van der Waals surface area contributed by atoms with Crippen molar-refractivity contribution < 1.29 is 9.90 Å². The lowest BCUT2D eigenvalue weighted by molar-refractivity contribution is 0.0991. The average molecular weight is 136 g/mol. The predicted molar refractivity (Wildman–Crippen MR) is 35.5 cm³/mol. The van der Waals surface area contributed by atoms with Crippen molar-refractivity contribution in [2.45, 2.75) is 0 Å². The fourth-order valence-electron chi connectivity index (χ4n) is 0.647. The molecule has 0 bridgehead atoms. The maximum absolute atomic E-state index is 10.4. The topological polar surface area (TPSA) is 61.1 Å². The molecule has 3 nitrogen and oxygen atoms in total. The van der Waals surface area contributed by atoms with Gasteiger partial charge >= 0.3 is 0 Å². The van der Waals surface area contributed by atoms with Gasteiger partial charge in [-0.25, -0.2) is 0 Å². The van der Waals surface area contributed by atoms with Crippen molar-refractivity contribution in [3.05, 3.63) is 29.8 Å². The maximum Gasteiger partial charge on any atom is 0.269 e. The van der Waals surface area contributed by atoms with Crippen LogP contribution in [0.3, 0.4) is 0 Å². The van der Waals surface area contributed by atoms with E-state index in [1.54, 1.807) is 0 Å². The zero-order valence-corrected chi connectivity index (χ0v) is 5.16. The van der Waals surface area contributed by atoms with E-state index in [-0.39, 0.29) is 11.3 Å². The molecule has 0 aliphatic rings. The van der Waals surface area contributed by atoms with Gasteiger partial charge in [0.05, 0.1) is 0 Å². The Bertz CT molecular complexity index is 258. The van der Waals surface area contributed by atoms with E-state index in [9.17, 15) is 4.79 Å². The molecule has 0 heterocycles. The highest BCUT2D eigenvalue weighted by molar-refractivity contribution is 5.92. The van der Waals surface area contributed by atoms with Crippen molar-refractivity contribution >= 4 is 5.91 Å². The molecular weight excluding hydrogens is 130 g/mol. The predicted octanol–water partition coefficient (Wildman–Crippen LogP) is 0.815. The number of hydrogen-bond donors (Lipinski definition) is 1. The van der Waals surface area contributed by atoms with Crippen LogP contribution in [0.15, 0.2) is 24.3 Å². The summed E-state index contributed by atoms with van der Waals surface area (Å²) in [6.45, 7) is 0. The Hall–Kier alpha value is -1.51. The van der Waals surface area contributed by atoms with Gasteiger partial charge < -0.3 is 5.11 Å². The van der Waals surface area contributed by atoms with Gasteiger partial charge in [-0.05, 0) is 18.2 Å². The smallest absolute Gasteiger partial charge is 0.269 e. The molecule has 0 aromatic heterocycles. The summed E-state index contributed by atoms with van der Waals surface area (Å²) >= 11 is 0. The Morgan fingerprint density at radius 3 is 2.60 bits per heavy atom. The molecule has 1 radical (unpaired) electrons. The number of phenolic OH excluding ortho intramolecular Hbond substituents is 1. The summed E-state index contributed by atoms with van der Waals surface area (Å²) in [5.41, 5.74) is 6.87. The van der Waals surface area contributed by atoms with Gasteiger partial charge in [-0.15, -0.1) is 0 Å². The molecule has 0 atom stereocenters. The fourth-order valence-corrected chi connectivity index (χ4v) is 0.647. The third kappa shape index (κ3) is 1.25. The monoisotopic (exact) mass is 136 g/mol. The minimum atomic E-state index is -0.782. The number of hydrogen-bond acceptors (Lipinski definition) is 2. The standard InChI is InChI=1S/C7H6NO2/c8-7(10)5-2-1-3-6(9)4-5/h1-4,8-9H. The second kappa shape index (κ2) is 2.39. The van der Waals surface area contributed by atoms with E-state index in [0.717, 1.165) is 0 Å². The van der Waals surface area contributed by atoms with Gasteiger partial charge in [-0.1, -0.05) is 6.07 Å². The van der Waals surface area contributed by atoms with Crippen LogP contribution >= 0.6 is 0 Å².